The summed E-state index contributed by atoms with van der Waals surface area (Å²) in [6.45, 7) is 30.2. The van der Waals surface area contributed by atoms with Crippen molar-refractivity contribution in [3.63, 3.8) is 0 Å². The van der Waals surface area contributed by atoms with E-state index in [2.05, 4.69) is 146 Å². The highest BCUT2D eigenvalue weighted by molar-refractivity contribution is 8.68. The minimum Gasteiger partial charge on any atom is -0.432 e. The first kappa shape index (κ1) is 53.2. The molecule has 0 aliphatic carbocycles. The third kappa shape index (κ3) is 15.5. The molecule has 327 valence electrons. The quantitative estimate of drug-likeness (QED) is 0.0737. The Balaban J connectivity index is 0.000000959. The predicted molar refractivity (Wildman–Crippen MR) is 244 cm³/mol. The Hall–Kier alpha value is 2.86. The molecule has 1 radical (unpaired) electrons. The van der Waals surface area contributed by atoms with Crippen molar-refractivity contribution in [2.45, 2.75) is 139 Å². The zero-order valence-electron chi connectivity index (χ0n) is 35.3. The van der Waals surface area contributed by atoms with Crippen LogP contribution in [-0.4, -0.2) is 71.2 Å². The SMILES string of the molecule is CC(C)C[Si]12O[Si]3O[Si]4(CC(C)C)O[Si](CC(C)C)(O1)O[Si]1(CC(C)C)O[Si](CC(C)C)(O2)O[Si](CC(C)C)(O3)O[Si](CC(C)C)(O4)O1.O=[P+]([S-])S.O=[P+]([S-])S. The molecule has 6 fully saturated rings. The molecule has 6 aliphatic heterocycles. The Labute approximate surface area is 369 Å². The average molecular weight is 1040 g/mol. The zero-order chi connectivity index (χ0) is 42.7. The lowest BCUT2D eigenvalue weighted by Gasteiger charge is -2.62. The van der Waals surface area contributed by atoms with E-state index in [1.165, 1.54) is 0 Å². The molecule has 0 aromatic rings. The standard InChI is InChI=1S/C28H63O12Si8.2HOPS2/c1-22(2)15-42-29-41-30-43(16-23(3)4)34-45(32-42,18-25(7)8)38-48(21-28(13)14)39-46(33-42,19-26(9)10)35-44(31-41,17-24(5)6)37-47(36-43,40-48)20-27(11)12;2*1-2(3)4/h22-28H,15-21H2,1-14H3;2*(H,1,3,4). The third-order valence-corrected chi connectivity index (χ3v) is 45.5. The van der Waals surface area contributed by atoms with Crippen LogP contribution in [-0.2, 0) is 83.0 Å². The van der Waals surface area contributed by atoms with Gasteiger partial charge in [0.2, 0.25) is 0 Å². The van der Waals surface area contributed by atoms with Crippen molar-refractivity contribution in [3.05, 3.63) is 0 Å². The van der Waals surface area contributed by atoms with Crippen LogP contribution in [0.15, 0.2) is 0 Å². The van der Waals surface area contributed by atoms with Crippen LogP contribution in [0, 0.1) is 41.4 Å². The van der Waals surface area contributed by atoms with E-state index < -0.39 is 83.6 Å². The summed E-state index contributed by atoms with van der Waals surface area (Å²) < 4.78 is 108. The molecule has 6 heterocycles. The molecule has 6 aliphatic rings. The van der Waals surface area contributed by atoms with Gasteiger partial charge >= 0.3 is 71.2 Å². The molecule has 6 saturated heterocycles. The fraction of sp³-hybridized carbons (Fsp3) is 1.00. The number of thiol groups is 2. The summed E-state index contributed by atoms with van der Waals surface area (Å²) in [6, 6.07) is 3.59. The van der Waals surface area contributed by atoms with Crippen molar-refractivity contribution < 1.29 is 58.5 Å². The first-order chi connectivity index (χ1) is 25.5. The third-order valence-electron chi connectivity index (χ3n) is 8.12. The summed E-state index contributed by atoms with van der Waals surface area (Å²) in [5, 5.41) is 0. The van der Waals surface area contributed by atoms with E-state index in [0.717, 1.165) is 0 Å². The molecule has 0 aromatic heterocycles. The van der Waals surface area contributed by atoms with E-state index in [0.29, 0.717) is 42.3 Å². The molecular formula is C28H65O14P2S4Si8. The lowest BCUT2D eigenvalue weighted by molar-refractivity contribution is -0.0264. The van der Waals surface area contributed by atoms with Gasteiger partial charge in [-0.05, 0) is 41.4 Å². The molecule has 0 amide bonds. The van der Waals surface area contributed by atoms with E-state index in [1.807, 2.05) is 0 Å². The zero-order valence-corrected chi connectivity index (χ0v) is 48.5. The van der Waals surface area contributed by atoms with Gasteiger partial charge < -0.3 is 73.9 Å². The fourth-order valence-electron chi connectivity index (χ4n) is 7.39. The van der Waals surface area contributed by atoms with Gasteiger partial charge in [0.05, 0.1) is 24.5 Å². The number of hydrogen-bond donors (Lipinski definition) is 2. The second-order valence-corrected chi connectivity index (χ2v) is 47.4. The maximum atomic E-state index is 9.27. The summed E-state index contributed by atoms with van der Waals surface area (Å²) in [5.41, 5.74) is 0. The van der Waals surface area contributed by atoms with Gasteiger partial charge in [0.25, 0.3) is 12.4 Å². The van der Waals surface area contributed by atoms with E-state index in [-0.39, 0.29) is 41.4 Å². The summed E-state index contributed by atoms with van der Waals surface area (Å²) in [5.74, 6) is 1.13. The molecule has 2 unspecified atom stereocenters. The molecule has 8 bridgehead atoms. The van der Waals surface area contributed by atoms with Crippen molar-refractivity contribution in [2.75, 3.05) is 0 Å². The van der Waals surface area contributed by atoms with Gasteiger partial charge in [0.1, 0.15) is 0 Å². The molecule has 28 heteroatoms. The smallest absolute Gasteiger partial charge is 0.432 e. The largest absolute Gasteiger partial charge is 0.553 e. The van der Waals surface area contributed by atoms with Crippen LogP contribution in [0.1, 0.15) is 96.9 Å². The predicted octanol–water partition coefficient (Wildman–Crippen LogP) is 9.64. The molecule has 14 nitrogen and oxygen atoms in total. The first-order valence-corrected chi connectivity index (χ1v) is 41.0. The molecule has 56 heavy (non-hydrogen) atoms. The van der Waals surface area contributed by atoms with Gasteiger partial charge in [-0.3, -0.25) is 0 Å². The lowest BCUT2D eigenvalue weighted by Crippen LogP contribution is -2.87. The minimum atomic E-state index is -3.81. The molecule has 0 saturated carbocycles. The highest BCUT2D eigenvalue weighted by atomic mass is 33.0. The highest BCUT2D eigenvalue weighted by Gasteiger charge is 2.81. The van der Waals surface area contributed by atoms with Gasteiger partial charge in [-0.25, -0.2) is 0 Å². The monoisotopic (exact) mass is 1040 g/mol. The van der Waals surface area contributed by atoms with Crippen molar-refractivity contribution in [2.24, 2.45) is 41.4 Å². The molecule has 2 atom stereocenters. The first-order valence-electron chi connectivity index (χ1n) is 19.4. The Morgan fingerprint density at radius 1 is 0.375 bits per heavy atom. The maximum absolute atomic E-state index is 9.27. The van der Waals surface area contributed by atoms with Crippen LogP contribution in [0.25, 0.3) is 0 Å². The highest BCUT2D eigenvalue weighted by Crippen LogP contribution is 2.53. The van der Waals surface area contributed by atoms with Crippen LogP contribution in [0.3, 0.4) is 0 Å². The summed E-state index contributed by atoms with van der Waals surface area (Å²) >= 11 is 14.6. The Morgan fingerprint density at radius 3 is 0.643 bits per heavy atom. The van der Waals surface area contributed by atoms with Gasteiger partial charge in [0, 0.05) is 42.3 Å². The van der Waals surface area contributed by atoms with Crippen LogP contribution >= 0.6 is 36.9 Å². The second kappa shape index (κ2) is 21.2. The molecule has 0 N–H and O–H groups in total. The minimum absolute atomic E-state index is 0.157. The summed E-state index contributed by atoms with van der Waals surface area (Å²) in [4.78, 5) is 0. The Bertz CT molecular complexity index is 1180. The van der Waals surface area contributed by atoms with Crippen molar-refractivity contribution in [3.8, 4) is 0 Å². The topological polar surface area (TPSA) is 145 Å². The van der Waals surface area contributed by atoms with E-state index in [1.54, 1.807) is 0 Å². The number of rotatable bonds is 14. The Kier molecular flexibility index (Phi) is 20.2. The van der Waals surface area contributed by atoms with Crippen molar-refractivity contribution in [1.29, 1.82) is 0 Å². The van der Waals surface area contributed by atoms with Gasteiger partial charge in [0.15, 0.2) is 0 Å². The van der Waals surface area contributed by atoms with Crippen LogP contribution in [0.4, 0.5) is 0 Å². The van der Waals surface area contributed by atoms with Crippen molar-refractivity contribution >= 4 is 133 Å². The van der Waals surface area contributed by atoms with E-state index in [4.69, 9.17) is 49.4 Å². The van der Waals surface area contributed by atoms with Gasteiger partial charge in [-0.2, -0.15) is 0 Å². The average Bonchev–Trinajstić information content (AvgIpc) is 2.84. The number of hydrogen-bond acceptors (Lipinski definition) is 16. The fourth-order valence-corrected chi connectivity index (χ4v) is 54.5. The second-order valence-electron chi connectivity index (χ2n) is 17.9. The van der Waals surface area contributed by atoms with Gasteiger partial charge in [-0.15, -0.1) is 0 Å². The van der Waals surface area contributed by atoms with Crippen LogP contribution in [0.5, 0.6) is 0 Å². The summed E-state index contributed by atoms with van der Waals surface area (Å²) in [7, 11) is -29.0. The maximum Gasteiger partial charge on any atom is 0.553 e. The Morgan fingerprint density at radius 2 is 0.500 bits per heavy atom. The van der Waals surface area contributed by atoms with E-state index in [9.17, 15) is 9.13 Å². The lowest BCUT2D eigenvalue weighted by atomic mass is 10.3. The molecule has 0 aromatic carbocycles. The van der Waals surface area contributed by atoms with Crippen LogP contribution in [0.2, 0.25) is 42.3 Å². The van der Waals surface area contributed by atoms with Crippen molar-refractivity contribution in [1.82, 2.24) is 0 Å². The summed E-state index contributed by atoms with van der Waals surface area (Å²) in [6.07, 6.45) is -3.19. The van der Waals surface area contributed by atoms with Gasteiger partial charge in [-0.1, -0.05) is 106 Å². The van der Waals surface area contributed by atoms with Crippen LogP contribution < -0.4 is 0 Å². The molecule has 6 rings (SSSR count). The molecular weight excluding hydrogens is 975 g/mol. The molecule has 0 spiro atoms. The van der Waals surface area contributed by atoms with E-state index >= 15 is 0 Å². The normalized spacial score (nSPS) is 37.3.